The highest BCUT2D eigenvalue weighted by molar-refractivity contribution is 7.10. The van der Waals surface area contributed by atoms with E-state index in [-0.39, 0.29) is 6.61 Å². The molecule has 9 heavy (non-hydrogen) atoms. The Kier molecular flexibility index (Phi) is 1.97. The molecule has 0 atom stereocenters. The topological polar surface area (TPSA) is 33.1 Å². The van der Waals surface area contributed by atoms with E-state index < -0.39 is 0 Å². The molecule has 1 rings (SSSR count). The monoisotopic (exact) mass is 141 g/mol. The Morgan fingerprint density at radius 1 is 1.89 bits per heavy atom. The van der Waals surface area contributed by atoms with Crippen LogP contribution in [-0.4, -0.2) is 10.1 Å². The van der Waals surface area contributed by atoms with E-state index in [0.717, 1.165) is 10.6 Å². The Morgan fingerprint density at radius 3 is 3.11 bits per heavy atom. The highest BCUT2D eigenvalue weighted by Gasteiger charge is 1.97. The number of aromatic nitrogens is 1. The molecular formula is C6H7NOS. The minimum atomic E-state index is 0.00481. The summed E-state index contributed by atoms with van der Waals surface area (Å²) in [7, 11) is 0. The second kappa shape index (κ2) is 2.75. The van der Waals surface area contributed by atoms with Gasteiger partial charge < -0.3 is 5.11 Å². The third-order valence-electron chi connectivity index (χ3n) is 1.01. The summed E-state index contributed by atoms with van der Waals surface area (Å²) in [5.41, 5.74) is 2.41. The maximum atomic E-state index is 8.63. The fourth-order valence-corrected chi connectivity index (χ4v) is 1.21. The minimum absolute atomic E-state index is 0.00481. The molecule has 0 aliphatic carbocycles. The van der Waals surface area contributed by atoms with Gasteiger partial charge in [-0.3, -0.25) is 0 Å². The van der Waals surface area contributed by atoms with Gasteiger partial charge in [-0.1, -0.05) is 12.7 Å². The molecular weight excluding hydrogens is 134 g/mol. The van der Waals surface area contributed by atoms with Crippen molar-refractivity contribution in [2.24, 2.45) is 0 Å². The van der Waals surface area contributed by atoms with Gasteiger partial charge in [0.1, 0.15) is 0 Å². The molecule has 0 saturated heterocycles. The van der Waals surface area contributed by atoms with Crippen molar-refractivity contribution < 1.29 is 5.11 Å². The van der Waals surface area contributed by atoms with Gasteiger partial charge in [-0.15, -0.1) is 11.3 Å². The normalized spacial score (nSPS) is 9.44. The van der Waals surface area contributed by atoms with Gasteiger partial charge in [0.15, 0.2) is 0 Å². The molecule has 0 spiro atoms. The molecule has 3 heteroatoms. The average molecular weight is 141 g/mol. The molecule has 0 aliphatic heterocycles. The van der Waals surface area contributed by atoms with Crippen molar-refractivity contribution in [1.29, 1.82) is 0 Å². The Morgan fingerprint density at radius 2 is 2.67 bits per heavy atom. The van der Waals surface area contributed by atoms with Gasteiger partial charge in [0.05, 0.1) is 22.7 Å². The first-order valence-corrected chi connectivity index (χ1v) is 3.42. The van der Waals surface area contributed by atoms with Gasteiger partial charge in [-0.25, -0.2) is 4.98 Å². The highest BCUT2D eigenvalue weighted by atomic mass is 32.1. The van der Waals surface area contributed by atoms with E-state index in [1.807, 2.05) is 0 Å². The van der Waals surface area contributed by atoms with Crippen molar-refractivity contribution in [1.82, 2.24) is 4.98 Å². The lowest BCUT2D eigenvalue weighted by Crippen LogP contribution is -1.83. The molecule has 0 saturated carbocycles. The summed E-state index contributed by atoms with van der Waals surface area (Å²) >= 11 is 1.48. The van der Waals surface area contributed by atoms with E-state index in [2.05, 4.69) is 11.6 Å². The van der Waals surface area contributed by atoms with E-state index in [1.165, 1.54) is 11.3 Å². The summed E-state index contributed by atoms with van der Waals surface area (Å²) in [6.07, 6.45) is 1.70. The van der Waals surface area contributed by atoms with Gasteiger partial charge in [0, 0.05) is 0 Å². The number of hydrogen-bond donors (Lipinski definition) is 1. The zero-order valence-corrected chi connectivity index (χ0v) is 5.69. The maximum absolute atomic E-state index is 8.63. The van der Waals surface area contributed by atoms with Crippen LogP contribution in [0.2, 0.25) is 0 Å². The third kappa shape index (κ3) is 1.17. The Bertz CT molecular complexity index is 207. The summed E-state index contributed by atoms with van der Waals surface area (Å²) in [4.78, 5) is 4.86. The van der Waals surface area contributed by atoms with E-state index in [0.29, 0.717) is 0 Å². The second-order valence-electron chi connectivity index (χ2n) is 1.53. The van der Waals surface area contributed by atoms with Gasteiger partial charge in [0.2, 0.25) is 0 Å². The smallest absolute Gasteiger partial charge is 0.0867 e. The molecule has 2 nitrogen and oxygen atoms in total. The van der Waals surface area contributed by atoms with Crippen LogP contribution in [0.25, 0.3) is 6.08 Å². The predicted molar refractivity (Wildman–Crippen MR) is 38.1 cm³/mol. The SMILES string of the molecule is C=Cc1scnc1CO. The number of thiazole rings is 1. The number of rotatable bonds is 2. The first kappa shape index (κ1) is 6.45. The molecule has 1 aromatic heterocycles. The van der Waals surface area contributed by atoms with Crippen molar-refractivity contribution in [2.45, 2.75) is 6.61 Å². The number of aliphatic hydroxyl groups is 1. The molecule has 0 aliphatic rings. The summed E-state index contributed by atoms with van der Waals surface area (Å²) < 4.78 is 0. The van der Waals surface area contributed by atoms with Crippen LogP contribution in [0.4, 0.5) is 0 Å². The van der Waals surface area contributed by atoms with E-state index in [1.54, 1.807) is 11.6 Å². The molecule has 1 heterocycles. The van der Waals surface area contributed by atoms with Gasteiger partial charge in [0.25, 0.3) is 0 Å². The quantitative estimate of drug-likeness (QED) is 0.673. The number of aliphatic hydroxyl groups excluding tert-OH is 1. The van der Waals surface area contributed by atoms with Gasteiger partial charge >= 0.3 is 0 Å². The summed E-state index contributed by atoms with van der Waals surface area (Å²) in [6, 6.07) is 0. The van der Waals surface area contributed by atoms with E-state index >= 15 is 0 Å². The van der Waals surface area contributed by atoms with Gasteiger partial charge in [-0.2, -0.15) is 0 Å². The summed E-state index contributed by atoms with van der Waals surface area (Å²) in [5.74, 6) is 0. The van der Waals surface area contributed by atoms with E-state index in [9.17, 15) is 0 Å². The van der Waals surface area contributed by atoms with Crippen LogP contribution in [0.15, 0.2) is 12.1 Å². The lowest BCUT2D eigenvalue weighted by molar-refractivity contribution is 0.277. The first-order valence-electron chi connectivity index (χ1n) is 2.54. The fourth-order valence-electron chi connectivity index (χ4n) is 0.563. The largest absolute Gasteiger partial charge is 0.390 e. The lowest BCUT2D eigenvalue weighted by atomic mass is 10.4. The van der Waals surface area contributed by atoms with Crippen LogP contribution in [0.3, 0.4) is 0 Å². The first-order chi connectivity index (χ1) is 4.38. The van der Waals surface area contributed by atoms with Crippen LogP contribution >= 0.6 is 11.3 Å². The maximum Gasteiger partial charge on any atom is 0.0867 e. The Hall–Kier alpha value is -0.670. The standard InChI is InChI=1S/C6H7NOS/c1-2-6-5(3-8)7-4-9-6/h2,4,8H,1,3H2. The molecule has 1 aromatic rings. The van der Waals surface area contributed by atoms with Gasteiger partial charge in [-0.05, 0) is 0 Å². The summed E-state index contributed by atoms with van der Waals surface area (Å²) in [6.45, 7) is 3.58. The van der Waals surface area contributed by atoms with Crippen LogP contribution in [-0.2, 0) is 6.61 Å². The number of nitrogens with zero attached hydrogens (tertiary/aromatic N) is 1. The molecule has 48 valence electrons. The van der Waals surface area contributed by atoms with Crippen molar-refractivity contribution in [3.05, 3.63) is 22.7 Å². The molecule has 0 fully saturated rings. The second-order valence-corrected chi connectivity index (χ2v) is 2.41. The lowest BCUT2D eigenvalue weighted by Gasteiger charge is -1.87. The van der Waals surface area contributed by atoms with Crippen LogP contribution in [0.1, 0.15) is 10.6 Å². The highest BCUT2D eigenvalue weighted by Crippen LogP contribution is 2.13. The van der Waals surface area contributed by atoms with Crippen LogP contribution in [0, 0.1) is 0 Å². The minimum Gasteiger partial charge on any atom is -0.390 e. The zero-order chi connectivity index (χ0) is 6.69. The average Bonchev–Trinajstić information content (AvgIpc) is 2.33. The van der Waals surface area contributed by atoms with Crippen molar-refractivity contribution in [3.63, 3.8) is 0 Å². The molecule has 0 unspecified atom stereocenters. The fraction of sp³-hybridized carbons (Fsp3) is 0.167. The zero-order valence-electron chi connectivity index (χ0n) is 4.87. The summed E-state index contributed by atoms with van der Waals surface area (Å²) in [5, 5.41) is 8.63. The van der Waals surface area contributed by atoms with Crippen LogP contribution < -0.4 is 0 Å². The molecule has 0 radical (unpaired) electrons. The molecule has 0 amide bonds. The third-order valence-corrected chi connectivity index (χ3v) is 1.87. The molecule has 1 N–H and O–H groups in total. The van der Waals surface area contributed by atoms with Crippen molar-refractivity contribution in [2.75, 3.05) is 0 Å². The van der Waals surface area contributed by atoms with Crippen molar-refractivity contribution in [3.8, 4) is 0 Å². The molecule has 0 aromatic carbocycles. The molecule has 0 bridgehead atoms. The Labute approximate surface area is 57.5 Å². The number of hydrogen-bond acceptors (Lipinski definition) is 3. The van der Waals surface area contributed by atoms with E-state index in [4.69, 9.17) is 5.11 Å². The Balaban J connectivity index is 2.98. The predicted octanol–water partition coefficient (Wildman–Crippen LogP) is 1.28. The van der Waals surface area contributed by atoms with Crippen LogP contribution in [0.5, 0.6) is 0 Å². The van der Waals surface area contributed by atoms with Crippen molar-refractivity contribution >= 4 is 17.4 Å².